The maximum Gasteiger partial charge on any atom is 0.0863 e. The van der Waals surface area contributed by atoms with Crippen LogP contribution < -0.4 is 0 Å². The molecule has 3 heteroatoms. The molecule has 0 bridgehead atoms. The smallest absolute Gasteiger partial charge is 0.0863 e. The lowest BCUT2D eigenvalue weighted by Crippen LogP contribution is -2.06. The van der Waals surface area contributed by atoms with Crippen LogP contribution in [0.3, 0.4) is 0 Å². The summed E-state index contributed by atoms with van der Waals surface area (Å²) < 4.78 is 8.18. The van der Waals surface area contributed by atoms with Gasteiger partial charge >= 0.3 is 0 Å². The van der Waals surface area contributed by atoms with Gasteiger partial charge in [-0.2, -0.15) is 0 Å². The largest absolute Gasteiger partial charge is 0.376 e. The second-order valence-electron chi connectivity index (χ2n) is 5.17. The van der Waals surface area contributed by atoms with Crippen molar-refractivity contribution in [2.75, 3.05) is 7.11 Å². The van der Waals surface area contributed by atoms with E-state index in [2.05, 4.69) is 38.8 Å². The maximum atomic E-state index is 5.69. The first kappa shape index (κ1) is 12.2. The Balaban J connectivity index is 2.26. The molecule has 0 fully saturated rings. The van der Waals surface area contributed by atoms with Gasteiger partial charge in [-0.05, 0) is 85.7 Å². The molecule has 0 aliphatic heterocycles. The Kier molecular flexibility index (Phi) is 3.12. The minimum Gasteiger partial charge on any atom is -0.376 e. The summed E-state index contributed by atoms with van der Waals surface area (Å²) in [7, 11) is 1.82. The molecule has 0 radical (unpaired) electrons. The summed E-state index contributed by atoms with van der Waals surface area (Å²) in [6, 6.07) is 0. The minimum absolute atomic E-state index is 0.251. The highest BCUT2D eigenvalue weighted by atomic mass is 79.9. The Morgan fingerprint density at radius 1 is 1.06 bits per heavy atom. The Morgan fingerprint density at radius 3 is 2.47 bits per heavy atom. The first-order valence-electron chi connectivity index (χ1n) is 6.19. The second kappa shape index (κ2) is 4.36. The zero-order chi connectivity index (χ0) is 12.2. The highest BCUT2D eigenvalue weighted by Gasteiger charge is 2.36. The molecule has 92 valence electrons. The third kappa shape index (κ3) is 1.66. The van der Waals surface area contributed by atoms with Crippen molar-refractivity contribution < 1.29 is 4.74 Å². The topological polar surface area (TPSA) is 9.23 Å². The fourth-order valence-corrected chi connectivity index (χ4v) is 4.81. The summed E-state index contributed by atoms with van der Waals surface area (Å²) in [4.78, 5) is 0. The lowest BCUT2D eigenvalue weighted by atomic mass is 9.99. The highest BCUT2D eigenvalue weighted by Crippen LogP contribution is 2.49. The van der Waals surface area contributed by atoms with E-state index in [0.717, 1.165) is 0 Å². The maximum absolute atomic E-state index is 5.69. The molecule has 1 aromatic carbocycles. The van der Waals surface area contributed by atoms with Gasteiger partial charge in [-0.3, -0.25) is 0 Å². The second-order valence-corrected chi connectivity index (χ2v) is 6.75. The van der Waals surface area contributed by atoms with Crippen LogP contribution in [0.4, 0.5) is 0 Å². The number of benzene rings is 1. The van der Waals surface area contributed by atoms with Gasteiger partial charge in [0.1, 0.15) is 0 Å². The average Bonchev–Trinajstić information content (AvgIpc) is 2.89. The van der Waals surface area contributed by atoms with E-state index in [1.807, 2.05) is 7.11 Å². The van der Waals surface area contributed by atoms with E-state index in [0.29, 0.717) is 5.92 Å². The van der Waals surface area contributed by atoms with Crippen molar-refractivity contribution in [3.05, 3.63) is 31.2 Å². The minimum atomic E-state index is 0.251. The first-order valence-corrected chi connectivity index (χ1v) is 7.78. The van der Waals surface area contributed by atoms with Gasteiger partial charge in [-0.15, -0.1) is 0 Å². The number of halogens is 2. The summed E-state index contributed by atoms with van der Waals surface area (Å²) in [5, 5.41) is 0. The van der Waals surface area contributed by atoms with Crippen molar-refractivity contribution in [1.29, 1.82) is 0 Å². The molecule has 0 aromatic heterocycles. The van der Waals surface area contributed by atoms with Crippen LogP contribution in [0.25, 0.3) is 0 Å². The van der Waals surface area contributed by atoms with Gasteiger partial charge in [0.05, 0.1) is 6.10 Å². The fourth-order valence-electron chi connectivity index (χ4n) is 3.46. The number of methoxy groups -OCH3 is 1. The molecule has 0 amide bonds. The molecule has 0 N–H and O–H groups in total. The molecule has 1 aromatic rings. The van der Waals surface area contributed by atoms with Crippen molar-refractivity contribution in [3.8, 4) is 0 Å². The fraction of sp³-hybridized carbons (Fsp3) is 0.571. The van der Waals surface area contributed by atoms with Crippen LogP contribution in [0.5, 0.6) is 0 Å². The molecule has 0 spiro atoms. The number of ether oxygens (including phenoxy) is 1. The molecular formula is C14H16Br2O. The van der Waals surface area contributed by atoms with Gasteiger partial charge in [0.15, 0.2) is 0 Å². The lowest BCUT2D eigenvalue weighted by Gasteiger charge is -2.18. The van der Waals surface area contributed by atoms with Crippen LogP contribution in [0.1, 0.15) is 41.7 Å². The Bertz CT molecular complexity index is 482. The number of fused-ring (bicyclic) bond motifs is 3. The van der Waals surface area contributed by atoms with Crippen molar-refractivity contribution in [1.82, 2.24) is 0 Å². The molecular weight excluding hydrogens is 344 g/mol. The van der Waals surface area contributed by atoms with Crippen molar-refractivity contribution >= 4 is 31.9 Å². The predicted octanol–water partition coefficient (Wildman–Crippen LogP) is 4.58. The van der Waals surface area contributed by atoms with Crippen LogP contribution in [0.2, 0.25) is 0 Å². The lowest BCUT2D eigenvalue weighted by molar-refractivity contribution is 0.0690. The van der Waals surface area contributed by atoms with Gasteiger partial charge < -0.3 is 4.74 Å². The van der Waals surface area contributed by atoms with E-state index < -0.39 is 0 Å². The van der Waals surface area contributed by atoms with Crippen LogP contribution >= 0.6 is 31.9 Å². The van der Waals surface area contributed by atoms with Gasteiger partial charge in [-0.25, -0.2) is 0 Å². The average molecular weight is 360 g/mol. The van der Waals surface area contributed by atoms with E-state index in [1.54, 1.807) is 11.1 Å². The normalized spacial score (nSPS) is 26.1. The van der Waals surface area contributed by atoms with Gasteiger partial charge in [-0.1, -0.05) is 6.92 Å². The molecule has 3 rings (SSSR count). The van der Waals surface area contributed by atoms with E-state index in [4.69, 9.17) is 4.74 Å². The van der Waals surface area contributed by atoms with Crippen LogP contribution in [0, 0.1) is 5.92 Å². The number of rotatable bonds is 1. The zero-order valence-electron chi connectivity index (χ0n) is 10.1. The molecule has 17 heavy (non-hydrogen) atoms. The summed E-state index contributed by atoms with van der Waals surface area (Å²) in [5.74, 6) is 0.588. The molecule has 2 aliphatic rings. The van der Waals surface area contributed by atoms with Gasteiger partial charge in [0.25, 0.3) is 0 Å². The van der Waals surface area contributed by atoms with E-state index in [9.17, 15) is 0 Å². The van der Waals surface area contributed by atoms with Crippen LogP contribution in [-0.4, -0.2) is 7.11 Å². The molecule has 2 atom stereocenters. The predicted molar refractivity (Wildman–Crippen MR) is 76.5 cm³/mol. The monoisotopic (exact) mass is 358 g/mol. The molecule has 2 aliphatic carbocycles. The summed E-state index contributed by atoms with van der Waals surface area (Å²) in [5.41, 5.74) is 6.08. The number of hydrogen-bond acceptors (Lipinski definition) is 1. The zero-order valence-corrected chi connectivity index (χ0v) is 13.3. The van der Waals surface area contributed by atoms with Crippen molar-refractivity contribution in [2.45, 2.75) is 38.7 Å². The Hall–Kier alpha value is 0.140. The first-order chi connectivity index (χ1) is 8.15. The van der Waals surface area contributed by atoms with Gasteiger partial charge in [0, 0.05) is 16.1 Å². The summed E-state index contributed by atoms with van der Waals surface area (Å²) >= 11 is 7.53. The molecule has 0 saturated carbocycles. The van der Waals surface area contributed by atoms with Gasteiger partial charge in [0.2, 0.25) is 0 Å². The molecule has 0 saturated heterocycles. The van der Waals surface area contributed by atoms with Crippen LogP contribution in [-0.2, 0) is 24.0 Å². The van der Waals surface area contributed by atoms with E-state index >= 15 is 0 Å². The third-order valence-corrected chi connectivity index (χ3v) is 6.41. The van der Waals surface area contributed by atoms with Crippen LogP contribution in [0.15, 0.2) is 8.95 Å². The molecule has 0 heterocycles. The van der Waals surface area contributed by atoms with E-state index in [1.165, 1.54) is 45.8 Å². The highest BCUT2D eigenvalue weighted by molar-refractivity contribution is 9.13. The molecule has 2 unspecified atom stereocenters. The Morgan fingerprint density at radius 2 is 1.76 bits per heavy atom. The summed E-state index contributed by atoms with van der Waals surface area (Å²) in [6.07, 6.45) is 5.17. The quantitative estimate of drug-likeness (QED) is 0.713. The van der Waals surface area contributed by atoms with Crippen molar-refractivity contribution in [2.24, 2.45) is 5.92 Å². The SMILES string of the molecule is COC1c2c(Br)c(Br)c3c(c2CC1C)CCC3. The Labute approximate surface area is 119 Å². The van der Waals surface area contributed by atoms with Crippen molar-refractivity contribution in [3.63, 3.8) is 0 Å². The third-order valence-electron chi connectivity index (χ3n) is 4.18. The molecule has 1 nitrogen and oxygen atoms in total. The summed E-state index contributed by atoms with van der Waals surface area (Å²) in [6.45, 7) is 2.29. The standard InChI is InChI=1S/C14H16Br2O/c1-7-6-10-8-4-3-5-9(8)12(15)13(16)11(10)14(7)17-2/h7,14H,3-6H2,1-2H3. The van der Waals surface area contributed by atoms with E-state index in [-0.39, 0.29) is 6.10 Å². The number of hydrogen-bond donors (Lipinski definition) is 0.